The van der Waals surface area contributed by atoms with Gasteiger partial charge in [0, 0.05) is 11.6 Å². The van der Waals surface area contributed by atoms with E-state index in [0.29, 0.717) is 28.7 Å². The molecule has 0 bridgehead atoms. The summed E-state index contributed by atoms with van der Waals surface area (Å²) in [6, 6.07) is 4.17. The molecule has 138 valence electrons. The van der Waals surface area contributed by atoms with Gasteiger partial charge in [-0.25, -0.2) is 4.52 Å². The van der Waals surface area contributed by atoms with Crippen LogP contribution in [0, 0.1) is 5.21 Å². The van der Waals surface area contributed by atoms with Crippen molar-refractivity contribution >= 4 is 28.7 Å². The van der Waals surface area contributed by atoms with Crippen molar-refractivity contribution in [3.05, 3.63) is 62.7 Å². The Balaban J connectivity index is 1.99. The molecule has 0 N–H and O–H groups in total. The maximum atomic E-state index is 13.0. The van der Waals surface area contributed by atoms with E-state index in [1.165, 1.54) is 25.6 Å². The zero-order valence-electron chi connectivity index (χ0n) is 13.3. The third kappa shape index (κ3) is 3.52. The van der Waals surface area contributed by atoms with E-state index in [0.717, 1.165) is 10.6 Å². The first kappa shape index (κ1) is 18.6. The van der Waals surface area contributed by atoms with Crippen LogP contribution >= 0.6 is 23.2 Å². The van der Waals surface area contributed by atoms with Crippen molar-refractivity contribution < 1.29 is 22.6 Å². The monoisotopic (exact) mass is 405 g/mol. The zero-order valence-corrected chi connectivity index (χ0v) is 14.9. The summed E-state index contributed by atoms with van der Waals surface area (Å²) in [6.45, 7) is 0. The minimum atomic E-state index is -4.57. The third-order valence-electron chi connectivity index (χ3n) is 3.88. The number of pyridine rings is 2. The summed E-state index contributed by atoms with van der Waals surface area (Å²) < 4.78 is 45.7. The third-order valence-corrected chi connectivity index (χ3v) is 4.53. The Labute approximate surface area is 156 Å². The SMILES string of the molecule is COc1ccc(CCc2c(Cl)c[n+]([O-])cc2Cl)c2cc(C(F)(F)F)nn12. The lowest BCUT2D eigenvalue weighted by Gasteiger charge is -2.09. The van der Waals surface area contributed by atoms with Crippen molar-refractivity contribution in [2.24, 2.45) is 0 Å². The number of halogens is 5. The van der Waals surface area contributed by atoms with Crippen LogP contribution in [0.25, 0.3) is 5.52 Å². The van der Waals surface area contributed by atoms with E-state index in [9.17, 15) is 18.4 Å². The highest BCUT2D eigenvalue weighted by Crippen LogP contribution is 2.32. The van der Waals surface area contributed by atoms with Gasteiger partial charge in [-0.3, -0.25) is 0 Å². The van der Waals surface area contributed by atoms with Crippen LogP contribution in [0.5, 0.6) is 5.88 Å². The minimum Gasteiger partial charge on any atom is -0.619 e. The molecule has 5 nitrogen and oxygen atoms in total. The Kier molecular flexibility index (Phi) is 4.90. The van der Waals surface area contributed by atoms with Crippen molar-refractivity contribution in [3.63, 3.8) is 0 Å². The van der Waals surface area contributed by atoms with Gasteiger partial charge in [0.1, 0.15) is 10.0 Å². The quantitative estimate of drug-likeness (QED) is 0.485. The summed E-state index contributed by atoms with van der Waals surface area (Å²) in [6.07, 6.45) is -1.53. The van der Waals surface area contributed by atoms with Gasteiger partial charge in [-0.15, -0.1) is 0 Å². The van der Waals surface area contributed by atoms with E-state index >= 15 is 0 Å². The Morgan fingerprint density at radius 2 is 1.85 bits per heavy atom. The molecule has 10 heteroatoms. The number of fused-ring (bicyclic) bond motifs is 1. The van der Waals surface area contributed by atoms with Crippen LogP contribution in [0.4, 0.5) is 13.2 Å². The molecule has 0 unspecified atom stereocenters. The second-order valence-electron chi connectivity index (χ2n) is 5.52. The Morgan fingerprint density at radius 1 is 1.19 bits per heavy atom. The molecule has 0 amide bonds. The second-order valence-corrected chi connectivity index (χ2v) is 6.33. The first-order valence-corrected chi connectivity index (χ1v) is 8.16. The number of aryl methyl sites for hydroxylation is 1. The van der Waals surface area contributed by atoms with Gasteiger partial charge in [-0.05, 0) is 24.5 Å². The minimum absolute atomic E-state index is 0.183. The molecule has 0 aliphatic rings. The average Bonchev–Trinajstić information content (AvgIpc) is 2.99. The van der Waals surface area contributed by atoms with Crippen molar-refractivity contribution in [3.8, 4) is 5.88 Å². The highest BCUT2D eigenvalue weighted by molar-refractivity contribution is 6.35. The lowest BCUT2D eigenvalue weighted by Crippen LogP contribution is -2.25. The van der Waals surface area contributed by atoms with Gasteiger partial charge in [0.05, 0.1) is 12.6 Å². The Bertz CT molecular complexity index is 950. The normalized spacial score (nSPS) is 11.9. The molecule has 0 radical (unpaired) electrons. The number of ether oxygens (including phenoxy) is 1. The molecule has 0 aliphatic heterocycles. The molecule has 0 atom stereocenters. The van der Waals surface area contributed by atoms with E-state index in [4.69, 9.17) is 27.9 Å². The van der Waals surface area contributed by atoms with Crippen LogP contribution in [0.2, 0.25) is 10.0 Å². The van der Waals surface area contributed by atoms with Gasteiger partial charge in [0.2, 0.25) is 5.88 Å². The molecule has 3 heterocycles. The molecule has 0 saturated carbocycles. The first-order chi connectivity index (χ1) is 12.2. The molecule has 26 heavy (non-hydrogen) atoms. The van der Waals surface area contributed by atoms with E-state index < -0.39 is 11.9 Å². The molecule has 0 fully saturated rings. The van der Waals surface area contributed by atoms with Crippen LogP contribution in [-0.2, 0) is 19.0 Å². The molecule has 3 aromatic rings. The number of rotatable bonds is 4. The fourth-order valence-corrected chi connectivity index (χ4v) is 3.27. The van der Waals surface area contributed by atoms with Crippen LogP contribution in [0.1, 0.15) is 16.8 Å². The van der Waals surface area contributed by atoms with Gasteiger partial charge in [-0.2, -0.15) is 23.0 Å². The smallest absolute Gasteiger partial charge is 0.435 e. The van der Waals surface area contributed by atoms with Crippen molar-refractivity contribution in [1.29, 1.82) is 0 Å². The number of hydrogen-bond donors (Lipinski definition) is 0. The van der Waals surface area contributed by atoms with Crippen LogP contribution < -0.4 is 9.47 Å². The van der Waals surface area contributed by atoms with Gasteiger partial charge in [0.15, 0.2) is 18.1 Å². The fourth-order valence-electron chi connectivity index (χ4n) is 2.64. The van der Waals surface area contributed by atoms with Crippen molar-refractivity contribution in [2.75, 3.05) is 7.11 Å². The number of aromatic nitrogens is 3. The molecule has 0 saturated heterocycles. The van der Waals surface area contributed by atoms with E-state index in [-0.39, 0.29) is 21.4 Å². The largest absolute Gasteiger partial charge is 0.619 e. The van der Waals surface area contributed by atoms with Gasteiger partial charge in [0.25, 0.3) is 0 Å². The molecule has 0 spiro atoms. The van der Waals surface area contributed by atoms with Crippen molar-refractivity contribution in [2.45, 2.75) is 19.0 Å². The van der Waals surface area contributed by atoms with Crippen LogP contribution in [0.3, 0.4) is 0 Å². The second kappa shape index (κ2) is 6.85. The molecule has 3 rings (SSSR count). The average molecular weight is 406 g/mol. The highest BCUT2D eigenvalue weighted by atomic mass is 35.5. The summed E-state index contributed by atoms with van der Waals surface area (Å²) in [5.74, 6) is 0.183. The van der Waals surface area contributed by atoms with Gasteiger partial charge >= 0.3 is 6.18 Å². The summed E-state index contributed by atoms with van der Waals surface area (Å²) in [5.41, 5.74) is 0.426. The number of hydrogen-bond acceptors (Lipinski definition) is 3. The summed E-state index contributed by atoms with van der Waals surface area (Å²) in [7, 11) is 1.35. The first-order valence-electron chi connectivity index (χ1n) is 7.40. The molecule has 0 aliphatic carbocycles. The predicted molar refractivity (Wildman–Crippen MR) is 89.6 cm³/mol. The van der Waals surface area contributed by atoms with Crippen LogP contribution in [-0.4, -0.2) is 16.7 Å². The number of nitrogens with zero attached hydrogens (tertiary/aromatic N) is 3. The lowest BCUT2D eigenvalue weighted by molar-refractivity contribution is -0.605. The van der Waals surface area contributed by atoms with E-state index in [1.807, 2.05) is 0 Å². The number of alkyl halides is 3. The van der Waals surface area contributed by atoms with Crippen LogP contribution in [0.15, 0.2) is 30.6 Å². The van der Waals surface area contributed by atoms with Gasteiger partial charge in [-0.1, -0.05) is 29.3 Å². The zero-order chi connectivity index (χ0) is 19.1. The highest BCUT2D eigenvalue weighted by Gasteiger charge is 2.34. The maximum absolute atomic E-state index is 13.0. The lowest BCUT2D eigenvalue weighted by atomic mass is 10.0. The number of methoxy groups -OCH3 is 1. The molecular weight excluding hydrogens is 394 g/mol. The Hall–Kier alpha value is -2.19. The predicted octanol–water partition coefficient (Wildman–Crippen LogP) is 4.09. The standard InChI is InChI=1S/C16H12Cl2F3N3O2/c1-26-15-5-3-9(13-6-14(16(19,20)21)22-24(13)15)2-4-10-11(17)7-23(25)8-12(10)18/h3,5-8H,2,4H2,1H3. The summed E-state index contributed by atoms with van der Waals surface area (Å²) in [4.78, 5) is 0. The molecule has 3 aromatic heterocycles. The Morgan fingerprint density at radius 3 is 2.42 bits per heavy atom. The summed E-state index contributed by atoms with van der Waals surface area (Å²) in [5, 5.41) is 15.3. The maximum Gasteiger partial charge on any atom is 0.435 e. The van der Waals surface area contributed by atoms with E-state index in [2.05, 4.69) is 5.10 Å². The van der Waals surface area contributed by atoms with E-state index in [1.54, 1.807) is 6.07 Å². The fraction of sp³-hybridized carbons (Fsp3) is 0.250. The topological polar surface area (TPSA) is 53.5 Å². The molecule has 0 aromatic carbocycles. The molecular formula is C16H12Cl2F3N3O2. The van der Waals surface area contributed by atoms with Crippen molar-refractivity contribution in [1.82, 2.24) is 9.61 Å². The van der Waals surface area contributed by atoms with Gasteiger partial charge < -0.3 is 9.94 Å². The summed E-state index contributed by atoms with van der Waals surface area (Å²) >= 11 is 12.1.